The van der Waals surface area contributed by atoms with Gasteiger partial charge in [0, 0.05) is 12.8 Å². The molecule has 1 rings (SSSR count). The average molecular weight is 843 g/mol. The number of hydrogen-bond acceptors (Lipinski definition) is 12. The second kappa shape index (κ2) is 34.3. The van der Waals surface area contributed by atoms with E-state index >= 15 is 0 Å². The normalized spacial score (nSPS) is 23.1. The number of carbonyl (C=O) groups is 2. The summed E-state index contributed by atoms with van der Waals surface area (Å²) >= 11 is 0. The number of aliphatic hydroxyl groups excluding tert-OH is 5. The lowest BCUT2D eigenvalue weighted by Crippen LogP contribution is -2.64. The van der Waals surface area contributed by atoms with Crippen molar-refractivity contribution < 1.29 is 63.1 Å². The number of hydrogen-bond donors (Lipinski definition) is 6. The second-order valence-corrected chi connectivity index (χ2v) is 16.2. The van der Waals surface area contributed by atoms with E-state index in [2.05, 4.69) is 62.5 Å². The Labute approximate surface area is 347 Å². The number of allylic oxidation sites excluding steroid dienone is 10. The van der Waals surface area contributed by atoms with Crippen LogP contribution in [-0.2, 0) is 32.7 Å². The van der Waals surface area contributed by atoms with Crippen molar-refractivity contribution in [2.75, 3.05) is 13.2 Å². The van der Waals surface area contributed by atoms with Gasteiger partial charge in [0.1, 0.15) is 43.2 Å². The molecule has 1 aliphatic rings. The van der Waals surface area contributed by atoms with Crippen LogP contribution in [-0.4, -0.2) is 98.3 Å². The quantitative estimate of drug-likeness (QED) is 0.0159. The van der Waals surface area contributed by atoms with Gasteiger partial charge in [-0.05, 0) is 51.4 Å². The lowest BCUT2D eigenvalue weighted by molar-refractivity contribution is -0.220. The molecule has 1 aliphatic carbocycles. The maximum atomic E-state index is 12.8. The predicted molar refractivity (Wildman–Crippen MR) is 226 cm³/mol. The minimum atomic E-state index is -5.13. The first-order valence-corrected chi connectivity index (χ1v) is 23.1. The first kappa shape index (κ1) is 53.6. The predicted octanol–water partition coefficient (Wildman–Crippen LogP) is 7.77. The smallest absolute Gasteiger partial charge is 0.462 e. The van der Waals surface area contributed by atoms with Crippen molar-refractivity contribution >= 4 is 19.8 Å². The van der Waals surface area contributed by atoms with Crippen molar-refractivity contribution in [3.8, 4) is 0 Å². The van der Waals surface area contributed by atoms with Crippen LogP contribution in [0.4, 0.5) is 0 Å². The maximum absolute atomic E-state index is 12.8. The largest absolute Gasteiger partial charge is 0.472 e. The summed E-state index contributed by atoms with van der Waals surface area (Å²) in [6.07, 6.45) is 27.2. The summed E-state index contributed by atoms with van der Waals surface area (Å²) in [7, 11) is -5.13. The molecule has 1 saturated carbocycles. The third-order valence-corrected chi connectivity index (χ3v) is 10.6. The third kappa shape index (κ3) is 26.6. The number of aliphatic hydroxyl groups is 5. The minimum absolute atomic E-state index is 0.0173. The topological polar surface area (TPSA) is 210 Å². The van der Waals surface area contributed by atoms with E-state index in [1.54, 1.807) is 0 Å². The van der Waals surface area contributed by atoms with E-state index < -0.39 is 75.7 Å². The molecule has 334 valence electrons. The number of unbranched alkanes of at least 4 members (excludes halogenated alkanes) is 12. The molecule has 0 aromatic rings. The molecule has 0 aromatic heterocycles. The highest BCUT2D eigenvalue weighted by molar-refractivity contribution is 7.47. The van der Waals surface area contributed by atoms with E-state index in [1.165, 1.54) is 51.4 Å². The lowest BCUT2D eigenvalue weighted by atomic mass is 9.85. The molecule has 0 spiro atoms. The Balaban J connectivity index is 2.55. The summed E-state index contributed by atoms with van der Waals surface area (Å²) in [5.74, 6) is -1.17. The van der Waals surface area contributed by atoms with Gasteiger partial charge in [-0.3, -0.25) is 18.6 Å². The zero-order valence-electron chi connectivity index (χ0n) is 35.1. The van der Waals surface area contributed by atoms with Crippen molar-refractivity contribution in [1.29, 1.82) is 0 Å². The van der Waals surface area contributed by atoms with E-state index in [9.17, 15) is 44.6 Å². The Morgan fingerprint density at radius 1 is 0.552 bits per heavy atom. The van der Waals surface area contributed by atoms with Gasteiger partial charge < -0.3 is 39.9 Å². The summed E-state index contributed by atoms with van der Waals surface area (Å²) in [5, 5.41) is 50.0. The molecule has 0 aromatic carbocycles. The van der Waals surface area contributed by atoms with E-state index in [4.69, 9.17) is 18.5 Å². The zero-order chi connectivity index (χ0) is 42.9. The summed E-state index contributed by atoms with van der Waals surface area (Å²) in [5.41, 5.74) is 0. The Hall–Kier alpha value is -2.45. The first-order valence-electron chi connectivity index (χ1n) is 21.6. The van der Waals surface area contributed by atoms with E-state index in [-0.39, 0.29) is 12.8 Å². The molecule has 6 N–H and O–H groups in total. The Kier molecular flexibility index (Phi) is 31.7. The molecule has 0 aliphatic heterocycles. The summed E-state index contributed by atoms with van der Waals surface area (Å²) in [6, 6.07) is 0. The summed E-state index contributed by atoms with van der Waals surface area (Å²) in [6.45, 7) is 3.11. The fourth-order valence-corrected chi connectivity index (χ4v) is 7.12. The SMILES string of the molecule is CC/C=C\C/C=C\C/C=C\C/C=C\C/C=C\CCCC(=O)OC(COC(=O)CCCCCCCCCCCCCC)COP(=O)(O)OC1C(O)C(O)C(O)C(O)C1O. The van der Waals surface area contributed by atoms with Crippen molar-refractivity contribution in [1.82, 2.24) is 0 Å². The monoisotopic (exact) mass is 842 g/mol. The van der Waals surface area contributed by atoms with E-state index in [0.29, 0.717) is 19.3 Å². The van der Waals surface area contributed by atoms with Gasteiger partial charge in [-0.1, -0.05) is 145 Å². The van der Waals surface area contributed by atoms with Crippen LogP contribution in [0.3, 0.4) is 0 Å². The minimum Gasteiger partial charge on any atom is -0.462 e. The molecular formula is C44H75O13P. The van der Waals surface area contributed by atoms with Crippen molar-refractivity contribution in [3.05, 3.63) is 60.8 Å². The van der Waals surface area contributed by atoms with Gasteiger partial charge in [-0.2, -0.15) is 0 Å². The molecule has 1 fully saturated rings. The Morgan fingerprint density at radius 2 is 0.983 bits per heavy atom. The lowest BCUT2D eigenvalue weighted by Gasteiger charge is -2.41. The van der Waals surface area contributed by atoms with Gasteiger partial charge >= 0.3 is 19.8 Å². The van der Waals surface area contributed by atoms with Crippen LogP contribution in [0, 0.1) is 0 Å². The molecule has 58 heavy (non-hydrogen) atoms. The van der Waals surface area contributed by atoms with Crippen LogP contribution in [0.25, 0.3) is 0 Å². The molecule has 6 unspecified atom stereocenters. The molecule has 0 bridgehead atoms. The molecule has 13 nitrogen and oxygen atoms in total. The average Bonchev–Trinajstić information content (AvgIpc) is 3.20. The van der Waals surface area contributed by atoms with Gasteiger partial charge in [0.2, 0.25) is 0 Å². The zero-order valence-corrected chi connectivity index (χ0v) is 36.0. The molecule has 0 heterocycles. The second-order valence-electron chi connectivity index (χ2n) is 14.8. The van der Waals surface area contributed by atoms with Crippen molar-refractivity contribution in [2.45, 2.75) is 191 Å². The van der Waals surface area contributed by atoms with Crippen LogP contribution in [0.1, 0.15) is 149 Å². The van der Waals surface area contributed by atoms with Crippen LogP contribution in [0.5, 0.6) is 0 Å². The maximum Gasteiger partial charge on any atom is 0.472 e. The standard InChI is InChI=1S/C44H75O13P/c1-3-5-7-9-11-13-15-17-18-19-20-21-23-25-27-29-31-33-38(46)56-36(34-54-37(45)32-30-28-26-24-22-16-14-12-10-8-6-4-2)35-55-58(52,53)57-44-42(50)40(48)39(47)41(49)43(44)51/h5,7,11,13,17-18,20-21,25,27,36,39-44,47-51H,3-4,6,8-10,12,14-16,19,22-24,26,28-35H2,1-2H3,(H,52,53)/b7-5-,13-11-,18-17-,21-20-,27-25-. The van der Waals surface area contributed by atoms with Gasteiger partial charge in [0.25, 0.3) is 0 Å². The number of phosphoric acid groups is 1. The highest BCUT2D eigenvalue weighted by atomic mass is 31.2. The number of phosphoric ester groups is 1. The van der Waals surface area contributed by atoms with E-state index in [1.807, 2.05) is 12.2 Å². The van der Waals surface area contributed by atoms with E-state index in [0.717, 1.165) is 51.4 Å². The number of esters is 2. The third-order valence-electron chi connectivity index (χ3n) is 9.62. The van der Waals surface area contributed by atoms with Crippen molar-refractivity contribution in [2.24, 2.45) is 0 Å². The summed E-state index contributed by atoms with van der Waals surface area (Å²) in [4.78, 5) is 35.6. The Morgan fingerprint density at radius 3 is 1.48 bits per heavy atom. The van der Waals surface area contributed by atoms with Gasteiger partial charge in [0.15, 0.2) is 6.10 Å². The van der Waals surface area contributed by atoms with Crippen molar-refractivity contribution in [3.63, 3.8) is 0 Å². The highest BCUT2D eigenvalue weighted by Gasteiger charge is 2.51. The van der Waals surface area contributed by atoms with Gasteiger partial charge in [0.05, 0.1) is 6.61 Å². The molecule has 6 atom stereocenters. The summed E-state index contributed by atoms with van der Waals surface area (Å²) < 4.78 is 33.4. The first-order chi connectivity index (χ1) is 27.9. The highest BCUT2D eigenvalue weighted by Crippen LogP contribution is 2.47. The Bertz CT molecular complexity index is 1250. The van der Waals surface area contributed by atoms with Crippen LogP contribution < -0.4 is 0 Å². The van der Waals surface area contributed by atoms with Crippen LogP contribution in [0.2, 0.25) is 0 Å². The van der Waals surface area contributed by atoms with Gasteiger partial charge in [-0.15, -0.1) is 0 Å². The molecule has 0 saturated heterocycles. The molecule has 0 amide bonds. The molecule has 0 radical (unpaired) electrons. The number of rotatable bonds is 34. The van der Waals surface area contributed by atoms with Gasteiger partial charge in [-0.25, -0.2) is 4.57 Å². The fraction of sp³-hybridized carbons (Fsp3) is 0.727. The number of ether oxygens (including phenoxy) is 2. The van der Waals surface area contributed by atoms with Crippen LogP contribution >= 0.6 is 7.82 Å². The number of carbonyl (C=O) groups excluding carboxylic acids is 2. The molecule has 14 heteroatoms. The fourth-order valence-electron chi connectivity index (χ4n) is 6.15. The molecular weight excluding hydrogens is 767 g/mol. The van der Waals surface area contributed by atoms with Crippen LogP contribution in [0.15, 0.2) is 60.8 Å².